The lowest BCUT2D eigenvalue weighted by molar-refractivity contribution is 0.796. The molecule has 2 aromatic carbocycles. The van der Waals surface area contributed by atoms with Crippen molar-refractivity contribution in [2.75, 3.05) is 13.6 Å². The minimum Gasteiger partial charge on any atom is -0.361 e. The van der Waals surface area contributed by atoms with Crippen LogP contribution in [0.2, 0.25) is 0 Å². The van der Waals surface area contributed by atoms with E-state index in [0.29, 0.717) is 12.1 Å². The maximum atomic E-state index is 8.86. The lowest BCUT2D eigenvalue weighted by atomic mass is 10.1. The van der Waals surface area contributed by atoms with E-state index in [9.17, 15) is 0 Å². The number of para-hydroxylation sites is 1. The monoisotopic (exact) mass is 487 g/mol. The van der Waals surface area contributed by atoms with Gasteiger partial charge < -0.3 is 15.6 Å². The number of aromatic amines is 1. The first-order valence-corrected chi connectivity index (χ1v) is 9.26. The fraction of sp³-hybridized carbons (Fsp3) is 0.273. The Morgan fingerprint density at radius 2 is 1.89 bits per heavy atom. The predicted molar refractivity (Wildman–Crippen MR) is 126 cm³/mol. The molecule has 1 heterocycles. The highest BCUT2D eigenvalue weighted by Crippen LogP contribution is 2.22. The maximum absolute atomic E-state index is 8.86. The number of fused-ring (bicyclic) bond motifs is 1. The van der Waals surface area contributed by atoms with Crippen molar-refractivity contribution in [1.29, 1.82) is 5.26 Å². The number of aryl methyl sites for hydroxylation is 1. The fourth-order valence-corrected chi connectivity index (χ4v) is 3.20. The SMILES string of the molecule is CCc1cccc2c(CCNC(=NC)NCc3ccc(C#N)cc3)c[nH]c12.I. The van der Waals surface area contributed by atoms with Gasteiger partial charge in [0.05, 0.1) is 11.6 Å². The second-order valence-corrected chi connectivity index (χ2v) is 6.42. The highest BCUT2D eigenvalue weighted by atomic mass is 127. The number of benzene rings is 2. The van der Waals surface area contributed by atoms with Gasteiger partial charge in [0.2, 0.25) is 0 Å². The van der Waals surface area contributed by atoms with Crippen LogP contribution in [0.25, 0.3) is 10.9 Å². The molecule has 0 spiro atoms. The van der Waals surface area contributed by atoms with Gasteiger partial charge in [-0.3, -0.25) is 4.99 Å². The third-order valence-corrected chi connectivity index (χ3v) is 4.72. The number of aliphatic imine (C=N–C) groups is 1. The first-order chi connectivity index (χ1) is 13.2. The van der Waals surface area contributed by atoms with Gasteiger partial charge in [0.15, 0.2) is 5.96 Å². The zero-order chi connectivity index (χ0) is 19.1. The molecule has 0 radical (unpaired) electrons. The molecule has 0 saturated carbocycles. The van der Waals surface area contributed by atoms with Gasteiger partial charge in [-0.05, 0) is 41.7 Å². The van der Waals surface area contributed by atoms with E-state index >= 15 is 0 Å². The molecule has 0 aliphatic heterocycles. The molecule has 0 aliphatic rings. The molecule has 0 atom stereocenters. The molecule has 0 amide bonds. The number of hydrogen-bond acceptors (Lipinski definition) is 2. The summed E-state index contributed by atoms with van der Waals surface area (Å²) >= 11 is 0. The van der Waals surface area contributed by atoms with Crippen molar-refractivity contribution >= 4 is 40.8 Å². The molecule has 3 rings (SSSR count). The molecular weight excluding hydrogens is 461 g/mol. The van der Waals surface area contributed by atoms with E-state index in [1.54, 1.807) is 7.05 Å². The molecule has 28 heavy (non-hydrogen) atoms. The molecular formula is C22H26IN5. The number of rotatable bonds is 6. The van der Waals surface area contributed by atoms with Crippen molar-refractivity contribution in [2.45, 2.75) is 26.3 Å². The van der Waals surface area contributed by atoms with Crippen molar-refractivity contribution in [3.63, 3.8) is 0 Å². The van der Waals surface area contributed by atoms with E-state index < -0.39 is 0 Å². The van der Waals surface area contributed by atoms with Gasteiger partial charge in [-0.2, -0.15) is 5.26 Å². The Hall–Kier alpha value is -2.53. The molecule has 5 nitrogen and oxygen atoms in total. The average molecular weight is 487 g/mol. The zero-order valence-electron chi connectivity index (χ0n) is 16.2. The summed E-state index contributed by atoms with van der Waals surface area (Å²) in [6, 6.07) is 16.2. The second-order valence-electron chi connectivity index (χ2n) is 6.42. The van der Waals surface area contributed by atoms with Crippen molar-refractivity contribution in [2.24, 2.45) is 4.99 Å². The molecule has 3 aromatic rings. The molecule has 146 valence electrons. The lowest BCUT2D eigenvalue weighted by Gasteiger charge is -2.12. The van der Waals surface area contributed by atoms with E-state index in [-0.39, 0.29) is 24.0 Å². The topological polar surface area (TPSA) is 76.0 Å². The number of nitriles is 1. The molecule has 0 fully saturated rings. The number of nitrogens with zero attached hydrogens (tertiary/aromatic N) is 2. The fourth-order valence-electron chi connectivity index (χ4n) is 3.20. The van der Waals surface area contributed by atoms with Gasteiger partial charge >= 0.3 is 0 Å². The van der Waals surface area contributed by atoms with Gasteiger partial charge in [-0.15, -0.1) is 24.0 Å². The van der Waals surface area contributed by atoms with Crippen LogP contribution in [0.15, 0.2) is 53.7 Å². The molecule has 1 aromatic heterocycles. The minimum atomic E-state index is 0. The molecule has 6 heteroatoms. The molecule has 3 N–H and O–H groups in total. The van der Waals surface area contributed by atoms with Gasteiger partial charge in [0, 0.05) is 37.2 Å². The van der Waals surface area contributed by atoms with Crippen LogP contribution in [0.4, 0.5) is 0 Å². The lowest BCUT2D eigenvalue weighted by Crippen LogP contribution is -2.37. The maximum Gasteiger partial charge on any atom is 0.191 e. The standard InChI is InChI=1S/C22H25N5.HI/c1-3-18-5-4-6-20-19(15-26-21(18)20)11-12-25-22(24-2)27-14-17-9-7-16(13-23)8-10-17;/h4-10,15,26H,3,11-12,14H2,1-2H3,(H2,24,25,27);1H. The summed E-state index contributed by atoms with van der Waals surface area (Å²) in [5.41, 5.74) is 5.70. The number of H-pyrrole nitrogens is 1. The molecule has 0 unspecified atom stereocenters. The van der Waals surface area contributed by atoms with Crippen molar-refractivity contribution in [3.8, 4) is 6.07 Å². The van der Waals surface area contributed by atoms with Crippen molar-refractivity contribution < 1.29 is 0 Å². The summed E-state index contributed by atoms with van der Waals surface area (Å²) in [4.78, 5) is 7.70. The van der Waals surface area contributed by atoms with Crippen LogP contribution < -0.4 is 10.6 Å². The Morgan fingerprint density at radius 3 is 2.57 bits per heavy atom. The Kier molecular flexibility index (Phi) is 8.33. The smallest absolute Gasteiger partial charge is 0.191 e. The number of hydrogen-bond donors (Lipinski definition) is 3. The summed E-state index contributed by atoms with van der Waals surface area (Å²) in [5.74, 6) is 0.772. The van der Waals surface area contributed by atoms with Gasteiger partial charge in [-0.25, -0.2) is 0 Å². The van der Waals surface area contributed by atoms with Crippen LogP contribution >= 0.6 is 24.0 Å². The minimum absolute atomic E-state index is 0. The Labute approximate surface area is 183 Å². The van der Waals surface area contributed by atoms with Crippen molar-refractivity contribution in [3.05, 3.63) is 70.9 Å². The average Bonchev–Trinajstić information content (AvgIpc) is 3.14. The highest BCUT2D eigenvalue weighted by Gasteiger charge is 2.07. The molecule has 0 aliphatic carbocycles. The first kappa shape index (κ1) is 21.8. The Morgan fingerprint density at radius 1 is 1.11 bits per heavy atom. The predicted octanol–water partition coefficient (Wildman–Crippen LogP) is 4.13. The summed E-state index contributed by atoms with van der Waals surface area (Å²) in [7, 11) is 1.77. The highest BCUT2D eigenvalue weighted by molar-refractivity contribution is 14.0. The normalized spacial score (nSPS) is 11.0. The Bertz CT molecular complexity index is 967. The van der Waals surface area contributed by atoms with Crippen LogP contribution in [0, 0.1) is 11.3 Å². The van der Waals surface area contributed by atoms with Crippen LogP contribution in [-0.4, -0.2) is 24.5 Å². The Balaban J connectivity index is 0.00000280. The number of nitrogens with one attached hydrogen (secondary N) is 3. The third kappa shape index (κ3) is 5.26. The first-order valence-electron chi connectivity index (χ1n) is 9.26. The van der Waals surface area contributed by atoms with Gasteiger partial charge in [-0.1, -0.05) is 37.3 Å². The molecule has 0 saturated heterocycles. The summed E-state index contributed by atoms with van der Waals surface area (Å²) in [6.45, 7) is 3.65. The van der Waals surface area contributed by atoms with Gasteiger partial charge in [0.1, 0.15) is 0 Å². The summed E-state index contributed by atoms with van der Waals surface area (Å²) < 4.78 is 0. The van der Waals surface area contributed by atoms with Crippen LogP contribution in [0.5, 0.6) is 0 Å². The van der Waals surface area contributed by atoms with E-state index in [1.807, 2.05) is 24.3 Å². The zero-order valence-corrected chi connectivity index (χ0v) is 18.6. The second kappa shape index (κ2) is 10.7. The van der Waals surface area contributed by atoms with Crippen LogP contribution in [-0.2, 0) is 19.4 Å². The third-order valence-electron chi connectivity index (χ3n) is 4.72. The number of guanidine groups is 1. The number of aromatic nitrogens is 1. The summed E-state index contributed by atoms with van der Waals surface area (Å²) in [6.07, 6.45) is 4.06. The van der Waals surface area contributed by atoms with E-state index in [4.69, 9.17) is 5.26 Å². The van der Waals surface area contributed by atoms with E-state index in [0.717, 1.165) is 30.9 Å². The quantitative estimate of drug-likeness (QED) is 0.278. The van der Waals surface area contributed by atoms with Crippen LogP contribution in [0.1, 0.15) is 29.2 Å². The largest absolute Gasteiger partial charge is 0.361 e. The summed E-state index contributed by atoms with van der Waals surface area (Å²) in [5, 5.41) is 16.8. The van der Waals surface area contributed by atoms with Crippen molar-refractivity contribution in [1.82, 2.24) is 15.6 Å². The van der Waals surface area contributed by atoms with E-state index in [1.165, 1.54) is 22.0 Å². The number of halogens is 1. The molecule has 0 bridgehead atoms. The van der Waals surface area contributed by atoms with Crippen LogP contribution in [0.3, 0.4) is 0 Å². The van der Waals surface area contributed by atoms with E-state index in [2.05, 4.69) is 58.0 Å². The van der Waals surface area contributed by atoms with Gasteiger partial charge in [0.25, 0.3) is 0 Å².